The number of benzene rings is 3. The molecule has 1 fully saturated rings. The van der Waals surface area contributed by atoms with Crippen LogP contribution in [0.3, 0.4) is 0 Å². The minimum Gasteiger partial charge on any atom is -0.374 e. The van der Waals surface area contributed by atoms with Crippen molar-refractivity contribution in [3.63, 3.8) is 0 Å². The van der Waals surface area contributed by atoms with Gasteiger partial charge in [-0.1, -0.05) is 91.0 Å². The number of alkyl halides is 1. The fraction of sp³-hybridized carbons (Fsp3) is 0.308. The lowest BCUT2D eigenvalue weighted by molar-refractivity contribution is -0.168. The van der Waals surface area contributed by atoms with E-state index in [2.05, 4.69) is 0 Å². The maximum Gasteiger partial charge on any atom is 0.192 e. The number of hydrogen-bond acceptors (Lipinski definition) is 4. The van der Waals surface area contributed by atoms with Gasteiger partial charge >= 0.3 is 0 Å². The second kappa shape index (κ2) is 11.2. The van der Waals surface area contributed by atoms with Crippen LogP contribution in [0.4, 0.5) is 4.39 Å². The summed E-state index contributed by atoms with van der Waals surface area (Å²) < 4.78 is 38.6. The minimum atomic E-state index is -1.40. The summed E-state index contributed by atoms with van der Waals surface area (Å²) >= 11 is 0. The van der Waals surface area contributed by atoms with Gasteiger partial charge in [0.25, 0.3) is 0 Å². The van der Waals surface area contributed by atoms with Crippen LogP contribution in [0.2, 0.25) is 0 Å². The van der Waals surface area contributed by atoms with Gasteiger partial charge in [0.2, 0.25) is 0 Å². The maximum absolute atomic E-state index is 15.2. The van der Waals surface area contributed by atoms with Crippen LogP contribution in [0.5, 0.6) is 0 Å². The van der Waals surface area contributed by atoms with Crippen LogP contribution in [0.1, 0.15) is 16.7 Å². The Kier molecular flexibility index (Phi) is 7.80. The normalized spacial score (nSPS) is 23.1. The Hall–Kier alpha value is -2.57. The molecule has 0 aromatic heterocycles. The van der Waals surface area contributed by atoms with E-state index in [0.29, 0.717) is 13.2 Å². The third-order valence-electron chi connectivity index (χ3n) is 5.19. The van der Waals surface area contributed by atoms with Gasteiger partial charge in [-0.25, -0.2) is 4.39 Å². The summed E-state index contributed by atoms with van der Waals surface area (Å²) in [4.78, 5) is 0. The molecule has 0 saturated carbocycles. The van der Waals surface area contributed by atoms with Crippen molar-refractivity contribution < 1.29 is 23.3 Å². The molecule has 3 aromatic carbocycles. The third-order valence-corrected chi connectivity index (χ3v) is 5.19. The molecule has 1 unspecified atom stereocenters. The van der Waals surface area contributed by atoms with E-state index in [1.165, 1.54) is 0 Å². The third kappa shape index (κ3) is 6.21. The number of ether oxygens (including phenoxy) is 4. The smallest absolute Gasteiger partial charge is 0.192 e. The summed E-state index contributed by atoms with van der Waals surface area (Å²) in [6.45, 7) is 1.23. The Morgan fingerprint density at radius 3 is 1.68 bits per heavy atom. The first-order valence-electron chi connectivity index (χ1n) is 10.5. The van der Waals surface area contributed by atoms with Crippen molar-refractivity contribution in [1.29, 1.82) is 0 Å². The maximum atomic E-state index is 15.2. The van der Waals surface area contributed by atoms with Gasteiger partial charge in [0.1, 0.15) is 12.2 Å². The molecule has 31 heavy (non-hydrogen) atoms. The lowest BCUT2D eigenvalue weighted by Gasteiger charge is -2.20. The highest BCUT2D eigenvalue weighted by Gasteiger charge is 2.46. The highest BCUT2D eigenvalue weighted by atomic mass is 19.1. The summed E-state index contributed by atoms with van der Waals surface area (Å²) in [7, 11) is 0. The van der Waals surface area contributed by atoms with Gasteiger partial charge < -0.3 is 18.9 Å². The topological polar surface area (TPSA) is 36.9 Å². The summed E-state index contributed by atoms with van der Waals surface area (Å²) in [6.07, 6.45) is -3.72. The van der Waals surface area contributed by atoms with Crippen molar-refractivity contribution in [1.82, 2.24) is 0 Å². The quantitative estimate of drug-likeness (QED) is 0.457. The molecule has 0 bridgehead atoms. The zero-order valence-corrected chi connectivity index (χ0v) is 17.3. The molecule has 0 amide bonds. The van der Waals surface area contributed by atoms with E-state index in [1.54, 1.807) is 0 Å². The zero-order valence-electron chi connectivity index (χ0n) is 17.3. The molecule has 4 rings (SSSR count). The van der Waals surface area contributed by atoms with Crippen LogP contribution in [0.15, 0.2) is 91.0 Å². The Morgan fingerprint density at radius 1 is 0.645 bits per heavy atom. The molecule has 5 heteroatoms. The largest absolute Gasteiger partial charge is 0.374 e. The highest BCUT2D eigenvalue weighted by molar-refractivity contribution is 5.15. The predicted octanol–water partition coefficient (Wildman–Crippen LogP) is 5.07. The minimum absolute atomic E-state index is 0.222. The van der Waals surface area contributed by atoms with Crippen molar-refractivity contribution in [3.05, 3.63) is 108 Å². The molecule has 3 aromatic rings. The molecular formula is C26H27FO4. The van der Waals surface area contributed by atoms with Crippen LogP contribution in [0, 0.1) is 0 Å². The molecule has 1 heterocycles. The van der Waals surface area contributed by atoms with Crippen LogP contribution in [-0.4, -0.2) is 31.3 Å². The molecule has 4 atom stereocenters. The van der Waals surface area contributed by atoms with E-state index in [4.69, 9.17) is 18.9 Å². The fourth-order valence-electron chi connectivity index (χ4n) is 3.54. The Morgan fingerprint density at radius 2 is 1.13 bits per heavy atom. The van der Waals surface area contributed by atoms with Crippen LogP contribution >= 0.6 is 0 Å². The summed E-state index contributed by atoms with van der Waals surface area (Å²) in [5.41, 5.74) is 2.99. The number of hydrogen-bond donors (Lipinski definition) is 0. The molecule has 0 spiro atoms. The first-order chi connectivity index (χ1) is 15.3. The van der Waals surface area contributed by atoms with Gasteiger partial charge in [0, 0.05) is 0 Å². The van der Waals surface area contributed by atoms with Crippen molar-refractivity contribution in [3.8, 4) is 0 Å². The van der Waals surface area contributed by atoms with E-state index in [0.717, 1.165) is 16.7 Å². The molecule has 1 saturated heterocycles. The van der Waals surface area contributed by atoms with Gasteiger partial charge in [-0.05, 0) is 16.7 Å². The van der Waals surface area contributed by atoms with Crippen LogP contribution < -0.4 is 0 Å². The first kappa shape index (κ1) is 21.7. The molecular weight excluding hydrogens is 395 g/mol. The molecule has 0 N–H and O–H groups in total. The van der Waals surface area contributed by atoms with Crippen molar-refractivity contribution in [2.45, 2.75) is 44.5 Å². The SMILES string of the molecule is F[C@@H]1C(OCc2ccccc2)O[C@H](COCc2ccccc2)[C@H]1OCc1ccccc1. The molecule has 0 radical (unpaired) electrons. The van der Waals surface area contributed by atoms with Crippen LogP contribution in [-0.2, 0) is 38.8 Å². The standard InChI is InChI=1S/C26H27FO4/c27-24-25(29-17-21-12-6-2-7-13-21)23(19-28-16-20-10-4-1-5-11-20)31-26(24)30-18-22-14-8-3-9-15-22/h1-15,23-26H,16-19H2/t23-,24+,25-,26?/m1/s1. The number of rotatable bonds is 10. The van der Waals surface area contributed by atoms with Gasteiger partial charge in [0.15, 0.2) is 12.5 Å². The molecule has 0 aliphatic carbocycles. The number of halogens is 1. The Bertz CT molecular complexity index is 891. The molecule has 1 aliphatic rings. The Labute approximate surface area is 182 Å². The van der Waals surface area contributed by atoms with Gasteiger partial charge in [-0.2, -0.15) is 0 Å². The van der Waals surface area contributed by atoms with Gasteiger partial charge in [0.05, 0.1) is 26.4 Å². The van der Waals surface area contributed by atoms with Crippen molar-refractivity contribution in [2.24, 2.45) is 0 Å². The average Bonchev–Trinajstić information content (AvgIpc) is 3.12. The van der Waals surface area contributed by atoms with E-state index >= 15 is 4.39 Å². The van der Waals surface area contributed by atoms with E-state index < -0.39 is 24.7 Å². The van der Waals surface area contributed by atoms with Crippen LogP contribution in [0.25, 0.3) is 0 Å². The first-order valence-corrected chi connectivity index (χ1v) is 10.5. The van der Waals surface area contributed by atoms with Crippen molar-refractivity contribution in [2.75, 3.05) is 6.61 Å². The van der Waals surface area contributed by atoms with Gasteiger partial charge in [-0.3, -0.25) is 0 Å². The second-order valence-corrected chi connectivity index (χ2v) is 7.55. The van der Waals surface area contributed by atoms with E-state index in [1.807, 2.05) is 91.0 Å². The molecule has 4 nitrogen and oxygen atoms in total. The lowest BCUT2D eigenvalue weighted by atomic mass is 10.1. The second-order valence-electron chi connectivity index (χ2n) is 7.55. The van der Waals surface area contributed by atoms with E-state index in [9.17, 15) is 0 Å². The summed E-state index contributed by atoms with van der Waals surface area (Å²) in [5.74, 6) is 0. The van der Waals surface area contributed by atoms with Gasteiger partial charge in [-0.15, -0.1) is 0 Å². The molecule has 162 valence electrons. The summed E-state index contributed by atoms with van der Waals surface area (Å²) in [5, 5.41) is 0. The lowest BCUT2D eigenvalue weighted by Crippen LogP contribution is -2.35. The summed E-state index contributed by atoms with van der Waals surface area (Å²) in [6, 6.07) is 29.2. The predicted molar refractivity (Wildman–Crippen MR) is 116 cm³/mol. The zero-order chi connectivity index (χ0) is 21.3. The van der Waals surface area contributed by atoms with Crippen molar-refractivity contribution >= 4 is 0 Å². The Balaban J connectivity index is 1.36. The van der Waals surface area contributed by atoms with E-state index in [-0.39, 0.29) is 13.2 Å². The highest BCUT2D eigenvalue weighted by Crippen LogP contribution is 2.29. The molecule has 1 aliphatic heterocycles. The average molecular weight is 422 g/mol. The monoisotopic (exact) mass is 422 g/mol. The fourth-order valence-corrected chi connectivity index (χ4v) is 3.54.